The van der Waals surface area contributed by atoms with E-state index >= 15 is 0 Å². The van der Waals surface area contributed by atoms with Gasteiger partial charge in [-0.05, 0) is 24.6 Å². The van der Waals surface area contributed by atoms with Gasteiger partial charge in [0, 0.05) is 19.0 Å². The molecule has 0 spiro atoms. The zero-order valence-corrected chi connectivity index (χ0v) is 10.4. The van der Waals surface area contributed by atoms with E-state index in [0.29, 0.717) is 5.39 Å². The molecule has 0 N–H and O–H groups in total. The Hall–Kier alpha value is -1.90. The van der Waals surface area contributed by atoms with Gasteiger partial charge in [-0.15, -0.1) is 0 Å². The molecule has 0 radical (unpaired) electrons. The summed E-state index contributed by atoms with van der Waals surface area (Å²) in [7, 11) is 1.77. The summed E-state index contributed by atoms with van der Waals surface area (Å²) in [6.45, 7) is 7.75. The molecule has 0 fully saturated rings. The molecule has 3 heteroatoms. The summed E-state index contributed by atoms with van der Waals surface area (Å²) in [5.74, 6) is 0.800. The summed E-state index contributed by atoms with van der Waals surface area (Å²) in [4.78, 5) is 16.8. The monoisotopic (exact) mass is 228 g/mol. The SMILES string of the molecule is C=Cc1cc(C)cc2c(=O)n(C)c(CC)nc12. The van der Waals surface area contributed by atoms with Crippen LogP contribution in [0.3, 0.4) is 0 Å². The Balaban J connectivity index is 3.01. The van der Waals surface area contributed by atoms with Crippen molar-refractivity contribution >= 4 is 17.0 Å². The van der Waals surface area contributed by atoms with Crippen molar-refractivity contribution < 1.29 is 0 Å². The van der Waals surface area contributed by atoms with Gasteiger partial charge >= 0.3 is 0 Å². The lowest BCUT2D eigenvalue weighted by molar-refractivity contribution is 0.752. The minimum Gasteiger partial charge on any atom is -0.299 e. The summed E-state index contributed by atoms with van der Waals surface area (Å²) >= 11 is 0. The minimum atomic E-state index is 0.0126. The molecule has 2 rings (SSSR count). The van der Waals surface area contributed by atoms with Crippen molar-refractivity contribution in [2.45, 2.75) is 20.3 Å². The van der Waals surface area contributed by atoms with Gasteiger partial charge in [0.25, 0.3) is 5.56 Å². The molecule has 0 amide bonds. The molecule has 1 heterocycles. The Morgan fingerprint density at radius 2 is 2.18 bits per heavy atom. The summed E-state index contributed by atoms with van der Waals surface area (Å²) in [6.07, 6.45) is 2.49. The van der Waals surface area contributed by atoms with E-state index in [0.717, 1.165) is 28.9 Å². The lowest BCUT2D eigenvalue weighted by atomic mass is 10.1. The Labute approximate surface area is 100 Å². The van der Waals surface area contributed by atoms with Gasteiger partial charge in [0.15, 0.2) is 0 Å². The lowest BCUT2D eigenvalue weighted by Crippen LogP contribution is -2.22. The summed E-state index contributed by atoms with van der Waals surface area (Å²) in [6, 6.07) is 3.89. The van der Waals surface area contributed by atoms with E-state index in [-0.39, 0.29) is 5.56 Å². The van der Waals surface area contributed by atoms with Gasteiger partial charge in [0.05, 0.1) is 10.9 Å². The fraction of sp³-hybridized carbons (Fsp3) is 0.286. The first-order valence-corrected chi connectivity index (χ1v) is 5.71. The fourth-order valence-electron chi connectivity index (χ4n) is 2.07. The van der Waals surface area contributed by atoms with Crippen LogP contribution >= 0.6 is 0 Å². The van der Waals surface area contributed by atoms with E-state index in [2.05, 4.69) is 11.6 Å². The second kappa shape index (κ2) is 4.17. The molecule has 0 unspecified atom stereocenters. The first-order valence-electron chi connectivity index (χ1n) is 5.71. The van der Waals surface area contributed by atoms with Crippen molar-refractivity contribution in [1.82, 2.24) is 9.55 Å². The van der Waals surface area contributed by atoms with Crippen LogP contribution in [0.1, 0.15) is 23.9 Å². The number of hydrogen-bond donors (Lipinski definition) is 0. The summed E-state index contributed by atoms with van der Waals surface area (Å²) in [5, 5.41) is 0.666. The number of fused-ring (bicyclic) bond motifs is 1. The number of aryl methyl sites for hydroxylation is 2. The second-order valence-corrected chi connectivity index (χ2v) is 4.20. The molecule has 0 bridgehead atoms. The molecule has 17 heavy (non-hydrogen) atoms. The average molecular weight is 228 g/mol. The van der Waals surface area contributed by atoms with E-state index in [1.165, 1.54) is 0 Å². The van der Waals surface area contributed by atoms with Gasteiger partial charge in [0.2, 0.25) is 0 Å². The number of benzene rings is 1. The van der Waals surface area contributed by atoms with E-state index in [1.807, 2.05) is 26.0 Å². The fourth-order valence-corrected chi connectivity index (χ4v) is 2.07. The normalized spacial score (nSPS) is 10.8. The summed E-state index contributed by atoms with van der Waals surface area (Å²) < 4.78 is 1.62. The molecule has 0 atom stereocenters. The molecule has 88 valence electrons. The van der Waals surface area contributed by atoms with Crippen molar-refractivity contribution in [3.05, 3.63) is 46.0 Å². The van der Waals surface area contributed by atoms with Gasteiger partial charge in [-0.25, -0.2) is 4.98 Å². The van der Waals surface area contributed by atoms with Crippen LogP contribution in [0.5, 0.6) is 0 Å². The predicted molar refractivity (Wildman–Crippen MR) is 71.2 cm³/mol. The van der Waals surface area contributed by atoms with Crippen molar-refractivity contribution in [1.29, 1.82) is 0 Å². The molecular weight excluding hydrogens is 212 g/mol. The maximum absolute atomic E-state index is 12.2. The van der Waals surface area contributed by atoms with Gasteiger partial charge in [-0.2, -0.15) is 0 Å². The van der Waals surface area contributed by atoms with Crippen LogP contribution in [-0.2, 0) is 13.5 Å². The van der Waals surface area contributed by atoms with Crippen LogP contribution in [-0.4, -0.2) is 9.55 Å². The van der Waals surface area contributed by atoms with Crippen LogP contribution in [0.4, 0.5) is 0 Å². The third-order valence-electron chi connectivity index (χ3n) is 2.98. The maximum Gasteiger partial charge on any atom is 0.261 e. The zero-order valence-electron chi connectivity index (χ0n) is 10.4. The van der Waals surface area contributed by atoms with Gasteiger partial charge in [0.1, 0.15) is 5.82 Å². The first-order chi connectivity index (χ1) is 8.08. The highest BCUT2D eigenvalue weighted by Crippen LogP contribution is 2.18. The maximum atomic E-state index is 12.2. The van der Waals surface area contributed by atoms with Crippen LogP contribution in [0, 0.1) is 6.92 Å². The Morgan fingerprint density at radius 3 is 2.76 bits per heavy atom. The van der Waals surface area contributed by atoms with Crippen LogP contribution < -0.4 is 5.56 Å². The highest BCUT2D eigenvalue weighted by Gasteiger charge is 2.09. The van der Waals surface area contributed by atoms with Gasteiger partial charge < -0.3 is 0 Å². The quantitative estimate of drug-likeness (QED) is 0.791. The molecule has 0 saturated carbocycles. The first kappa shape index (κ1) is 11.6. The lowest BCUT2D eigenvalue weighted by Gasteiger charge is -2.09. The number of nitrogens with zero attached hydrogens (tertiary/aromatic N) is 2. The van der Waals surface area contributed by atoms with Crippen molar-refractivity contribution in [2.24, 2.45) is 7.05 Å². The smallest absolute Gasteiger partial charge is 0.261 e. The molecule has 0 aliphatic rings. The average Bonchev–Trinajstić information content (AvgIpc) is 2.33. The van der Waals surface area contributed by atoms with Gasteiger partial charge in [-0.3, -0.25) is 9.36 Å². The van der Waals surface area contributed by atoms with Crippen molar-refractivity contribution in [2.75, 3.05) is 0 Å². The molecule has 1 aromatic heterocycles. The van der Waals surface area contributed by atoms with Crippen LogP contribution in [0.15, 0.2) is 23.5 Å². The van der Waals surface area contributed by atoms with E-state index in [9.17, 15) is 4.79 Å². The molecule has 2 aromatic rings. The van der Waals surface area contributed by atoms with E-state index < -0.39 is 0 Å². The topological polar surface area (TPSA) is 34.9 Å². The highest BCUT2D eigenvalue weighted by molar-refractivity contribution is 5.87. The number of aromatic nitrogens is 2. The van der Waals surface area contributed by atoms with E-state index in [4.69, 9.17) is 0 Å². The van der Waals surface area contributed by atoms with Crippen LogP contribution in [0.2, 0.25) is 0 Å². The highest BCUT2D eigenvalue weighted by atomic mass is 16.1. The van der Waals surface area contributed by atoms with Crippen molar-refractivity contribution in [3.63, 3.8) is 0 Å². The number of hydrogen-bond acceptors (Lipinski definition) is 2. The Bertz CT molecular complexity index is 653. The third-order valence-corrected chi connectivity index (χ3v) is 2.98. The minimum absolute atomic E-state index is 0.0126. The third kappa shape index (κ3) is 1.78. The molecule has 0 aliphatic carbocycles. The van der Waals surface area contributed by atoms with Gasteiger partial charge in [-0.1, -0.05) is 19.6 Å². The Morgan fingerprint density at radius 1 is 1.47 bits per heavy atom. The second-order valence-electron chi connectivity index (χ2n) is 4.20. The molecular formula is C14H16N2O. The van der Waals surface area contributed by atoms with E-state index in [1.54, 1.807) is 17.7 Å². The molecule has 0 saturated heterocycles. The predicted octanol–water partition coefficient (Wildman–Crippen LogP) is 2.45. The van der Waals surface area contributed by atoms with Crippen LogP contribution in [0.25, 0.3) is 17.0 Å². The molecule has 3 nitrogen and oxygen atoms in total. The zero-order chi connectivity index (χ0) is 12.6. The summed E-state index contributed by atoms with van der Waals surface area (Å²) in [5.41, 5.74) is 2.74. The number of rotatable bonds is 2. The molecule has 0 aliphatic heterocycles. The standard InChI is InChI=1S/C14H16N2O/c1-5-10-7-9(3)8-11-13(10)15-12(6-2)16(4)14(11)17/h5,7-8H,1,6H2,2-4H3. The molecule has 1 aromatic carbocycles. The largest absolute Gasteiger partial charge is 0.299 e. The van der Waals surface area contributed by atoms with Crippen molar-refractivity contribution in [3.8, 4) is 0 Å². The Kier molecular flexibility index (Phi) is 2.84.